The van der Waals surface area contributed by atoms with Gasteiger partial charge >= 0.3 is 0 Å². The first-order valence-electron chi connectivity index (χ1n) is 7.99. The molecule has 0 aliphatic carbocycles. The third kappa shape index (κ3) is 5.70. The van der Waals surface area contributed by atoms with Crippen molar-refractivity contribution in [3.05, 3.63) is 17.5 Å². The molecule has 0 aromatic carbocycles. The summed E-state index contributed by atoms with van der Waals surface area (Å²) in [7, 11) is -3.61. The summed E-state index contributed by atoms with van der Waals surface area (Å²) < 4.78 is 27.1. The van der Waals surface area contributed by atoms with Gasteiger partial charge in [0.1, 0.15) is 4.21 Å². The van der Waals surface area contributed by atoms with Crippen LogP contribution in [0, 0.1) is 5.92 Å². The maximum absolute atomic E-state index is 12.5. The third-order valence-electron chi connectivity index (χ3n) is 4.07. The number of nitrogens with zero attached hydrogens (tertiary/aromatic N) is 1. The number of thiophene rings is 1. The van der Waals surface area contributed by atoms with Gasteiger partial charge in [0, 0.05) is 13.1 Å². The highest BCUT2D eigenvalue weighted by Gasteiger charge is 2.29. The van der Waals surface area contributed by atoms with Crippen LogP contribution in [0.2, 0.25) is 0 Å². The second-order valence-electron chi connectivity index (χ2n) is 5.85. The first kappa shape index (κ1) is 21.4. The highest BCUT2D eigenvalue weighted by molar-refractivity contribution is 7.91. The van der Waals surface area contributed by atoms with Crippen LogP contribution in [0.4, 0.5) is 0 Å². The summed E-state index contributed by atoms with van der Waals surface area (Å²) in [6.07, 6.45) is 1.92. The van der Waals surface area contributed by atoms with E-state index in [-0.39, 0.29) is 22.5 Å². The van der Waals surface area contributed by atoms with Crippen LogP contribution in [0.1, 0.15) is 26.7 Å². The van der Waals surface area contributed by atoms with Crippen molar-refractivity contribution in [2.45, 2.75) is 36.9 Å². The van der Waals surface area contributed by atoms with Crippen LogP contribution in [0.5, 0.6) is 0 Å². The number of hydrogen-bond donors (Lipinski definition) is 2. The lowest BCUT2D eigenvalue weighted by Gasteiger charge is -2.33. The van der Waals surface area contributed by atoms with Crippen LogP contribution in [0.15, 0.2) is 21.7 Å². The Hall–Kier alpha value is -0.670. The molecule has 2 N–H and O–H groups in total. The predicted octanol–water partition coefficient (Wildman–Crippen LogP) is 1.68. The maximum atomic E-state index is 12.5. The molecule has 1 atom stereocenters. The topological polar surface area (TPSA) is 78.5 Å². The zero-order valence-corrected chi connectivity index (χ0v) is 16.5. The largest absolute Gasteiger partial charge is 0.341 e. The molecule has 0 radical (unpaired) electrons. The fraction of sp³-hybridized carbons (Fsp3) is 0.667. The van der Waals surface area contributed by atoms with E-state index in [9.17, 15) is 13.2 Å². The van der Waals surface area contributed by atoms with Gasteiger partial charge in [-0.15, -0.1) is 23.7 Å². The van der Waals surface area contributed by atoms with Gasteiger partial charge in [0.15, 0.2) is 0 Å². The van der Waals surface area contributed by atoms with Gasteiger partial charge in [0.2, 0.25) is 5.91 Å². The summed E-state index contributed by atoms with van der Waals surface area (Å²) in [4.78, 5) is 14.2. The molecule has 0 bridgehead atoms. The quantitative estimate of drug-likeness (QED) is 0.736. The van der Waals surface area contributed by atoms with Crippen molar-refractivity contribution < 1.29 is 13.2 Å². The molecule has 0 spiro atoms. The molecule has 24 heavy (non-hydrogen) atoms. The van der Waals surface area contributed by atoms with Gasteiger partial charge in [-0.05, 0) is 50.2 Å². The van der Waals surface area contributed by atoms with Crippen molar-refractivity contribution in [3.63, 3.8) is 0 Å². The van der Waals surface area contributed by atoms with Gasteiger partial charge in [-0.25, -0.2) is 8.42 Å². The highest BCUT2D eigenvalue weighted by Crippen LogP contribution is 2.19. The Balaban J connectivity index is 0.00000288. The molecule has 2 rings (SSSR count). The van der Waals surface area contributed by atoms with E-state index >= 15 is 0 Å². The van der Waals surface area contributed by atoms with Crippen LogP contribution in [-0.2, 0) is 14.8 Å². The van der Waals surface area contributed by atoms with Gasteiger partial charge in [0.25, 0.3) is 10.0 Å². The number of amides is 1. The number of carbonyl (C=O) groups is 1. The number of nitrogens with one attached hydrogen (secondary N) is 2. The molecular weight excluding hydrogens is 370 g/mol. The number of carbonyl (C=O) groups excluding carboxylic acids is 1. The SMILES string of the molecule is CCNCC1CCN(C(=O)C(C)NS(=O)(=O)c2cccs2)CC1.Cl. The Morgan fingerprint density at radius 3 is 2.62 bits per heavy atom. The van der Waals surface area contributed by atoms with E-state index in [0.29, 0.717) is 19.0 Å². The molecule has 1 aliphatic heterocycles. The fourth-order valence-electron chi connectivity index (χ4n) is 2.74. The second kappa shape index (κ2) is 9.72. The molecule has 6 nitrogen and oxygen atoms in total. The van der Waals surface area contributed by atoms with Crippen LogP contribution >= 0.6 is 23.7 Å². The molecule has 1 saturated heterocycles. The molecule has 0 saturated carbocycles. The average Bonchev–Trinajstić information content (AvgIpc) is 3.07. The standard InChI is InChI=1S/C15H25N3O3S2.ClH/c1-3-16-11-13-6-8-18(9-7-13)15(19)12(2)17-23(20,21)14-5-4-10-22-14;/h4-5,10,12-13,16-17H,3,6-9,11H2,1-2H3;1H. The van der Waals surface area contributed by atoms with E-state index in [0.717, 1.165) is 37.3 Å². The molecule has 2 heterocycles. The number of halogens is 1. The monoisotopic (exact) mass is 395 g/mol. The van der Waals surface area contributed by atoms with E-state index in [1.807, 2.05) is 0 Å². The van der Waals surface area contributed by atoms with Crippen molar-refractivity contribution in [2.75, 3.05) is 26.2 Å². The zero-order chi connectivity index (χ0) is 16.9. The molecular formula is C15H26ClN3O3S2. The molecule has 138 valence electrons. The fourth-order valence-corrected chi connectivity index (χ4v) is 4.94. The Labute approximate surface area is 154 Å². The molecule has 1 aromatic heterocycles. The van der Waals surface area contributed by atoms with E-state index < -0.39 is 16.1 Å². The molecule has 1 aliphatic rings. The molecule has 1 fully saturated rings. The van der Waals surface area contributed by atoms with E-state index in [2.05, 4.69) is 17.0 Å². The summed E-state index contributed by atoms with van der Waals surface area (Å²) in [6, 6.07) is 2.48. The van der Waals surface area contributed by atoms with E-state index in [4.69, 9.17) is 0 Å². The minimum Gasteiger partial charge on any atom is -0.341 e. The highest BCUT2D eigenvalue weighted by atomic mass is 35.5. The zero-order valence-electron chi connectivity index (χ0n) is 14.0. The normalized spacial score (nSPS) is 17.3. The minimum atomic E-state index is -3.61. The maximum Gasteiger partial charge on any atom is 0.250 e. The van der Waals surface area contributed by atoms with Crippen molar-refractivity contribution >= 4 is 39.7 Å². The Morgan fingerprint density at radius 1 is 1.42 bits per heavy atom. The number of likely N-dealkylation sites (tertiary alicyclic amines) is 1. The molecule has 9 heteroatoms. The third-order valence-corrected chi connectivity index (χ3v) is 7.01. The molecule has 1 amide bonds. The van der Waals surface area contributed by atoms with Gasteiger partial charge in [-0.1, -0.05) is 13.0 Å². The number of piperidine rings is 1. The van der Waals surface area contributed by atoms with Gasteiger partial charge in [-0.2, -0.15) is 4.72 Å². The lowest BCUT2D eigenvalue weighted by molar-refractivity contribution is -0.133. The second-order valence-corrected chi connectivity index (χ2v) is 8.74. The first-order chi connectivity index (χ1) is 10.9. The molecule has 1 aromatic rings. The van der Waals surface area contributed by atoms with Gasteiger partial charge < -0.3 is 10.2 Å². The number of sulfonamides is 1. The van der Waals surface area contributed by atoms with Crippen LogP contribution < -0.4 is 10.0 Å². The molecule has 1 unspecified atom stereocenters. The van der Waals surface area contributed by atoms with Crippen LogP contribution in [-0.4, -0.2) is 51.4 Å². The van der Waals surface area contributed by atoms with Crippen LogP contribution in [0.3, 0.4) is 0 Å². The lowest BCUT2D eigenvalue weighted by Crippen LogP contribution is -2.49. The van der Waals surface area contributed by atoms with Crippen molar-refractivity contribution in [2.24, 2.45) is 5.92 Å². The first-order valence-corrected chi connectivity index (χ1v) is 10.4. The number of rotatable bonds is 7. The summed E-state index contributed by atoms with van der Waals surface area (Å²) in [5.74, 6) is 0.448. The Kier molecular flexibility index (Phi) is 8.66. The lowest BCUT2D eigenvalue weighted by atomic mass is 9.96. The Morgan fingerprint density at radius 2 is 2.08 bits per heavy atom. The van der Waals surface area contributed by atoms with Crippen LogP contribution in [0.25, 0.3) is 0 Å². The van der Waals surface area contributed by atoms with E-state index in [1.54, 1.807) is 23.3 Å². The van der Waals surface area contributed by atoms with Crippen molar-refractivity contribution in [1.82, 2.24) is 14.9 Å². The van der Waals surface area contributed by atoms with Gasteiger partial charge in [0.05, 0.1) is 6.04 Å². The predicted molar refractivity (Wildman–Crippen MR) is 99.2 cm³/mol. The van der Waals surface area contributed by atoms with Crippen molar-refractivity contribution in [1.29, 1.82) is 0 Å². The Bertz CT molecular complexity index is 599. The summed E-state index contributed by atoms with van der Waals surface area (Å²) in [6.45, 7) is 7.03. The minimum absolute atomic E-state index is 0. The van der Waals surface area contributed by atoms with E-state index in [1.165, 1.54) is 6.07 Å². The van der Waals surface area contributed by atoms with Gasteiger partial charge in [-0.3, -0.25) is 4.79 Å². The average molecular weight is 396 g/mol. The summed E-state index contributed by atoms with van der Waals surface area (Å²) in [5, 5.41) is 5.04. The van der Waals surface area contributed by atoms with Crippen molar-refractivity contribution in [3.8, 4) is 0 Å². The summed E-state index contributed by atoms with van der Waals surface area (Å²) in [5.41, 5.74) is 0. The smallest absolute Gasteiger partial charge is 0.250 e. The summed E-state index contributed by atoms with van der Waals surface area (Å²) >= 11 is 1.14. The number of hydrogen-bond acceptors (Lipinski definition) is 5.